The van der Waals surface area contributed by atoms with Crippen molar-refractivity contribution in [2.24, 2.45) is 0 Å². The predicted molar refractivity (Wildman–Crippen MR) is 93.3 cm³/mol. The summed E-state index contributed by atoms with van der Waals surface area (Å²) in [6, 6.07) is 4.06. The number of rotatable bonds is 3. The molecule has 5 heteroatoms. The number of halogens is 1. The van der Waals surface area contributed by atoms with E-state index in [0.29, 0.717) is 18.4 Å². The van der Waals surface area contributed by atoms with E-state index in [-0.39, 0.29) is 17.8 Å². The molecule has 1 heterocycles. The summed E-state index contributed by atoms with van der Waals surface area (Å²) in [5.41, 5.74) is 2.75. The smallest absolute Gasteiger partial charge is 0.256 e. The third-order valence-corrected chi connectivity index (χ3v) is 5.65. The molecule has 1 aromatic rings. The van der Waals surface area contributed by atoms with Gasteiger partial charge >= 0.3 is 0 Å². The molecule has 1 saturated carbocycles. The van der Waals surface area contributed by atoms with E-state index < -0.39 is 5.54 Å². The number of carbonyl (C=O) groups is 1. The maximum Gasteiger partial charge on any atom is 0.256 e. The van der Waals surface area contributed by atoms with Crippen LogP contribution >= 0.6 is 15.9 Å². The number of aliphatic hydroxyl groups is 1. The Hall–Kier alpha value is -1.33. The maximum absolute atomic E-state index is 12.7. The van der Waals surface area contributed by atoms with Gasteiger partial charge in [-0.15, -0.1) is 0 Å². The molecule has 3 rings (SSSR count). The van der Waals surface area contributed by atoms with Gasteiger partial charge < -0.3 is 15.2 Å². The van der Waals surface area contributed by atoms with Crippen molar-refractivity contribution in [3.63, 3.8) is 0 Å². The predicted octanol–water partition coefficient (Wildman–Crippen LogP) is 3.66. The van der Waals surface area contributed by atoms with E-state index in [1.807, 2.05) is 13.0 Å². The van der Waals surface area contributed by atoms with Gasteiger partial charge in [0.25, 0.3) is 5.91 Å². The minimum Gasteiger partial charge on any atom is -0.509 e. The molecule has 4 nitrogen and oxygen atoms in total. The zero-order valence-corrected chi connectivity index (χ0v) is 15.3. The molecule has 0 bridgehead atoms. The van der Waals surface area contributed by atoms with Gasteiger partial charge in [0.1, 0.15) is 11.3 Å². The van der Waals surface area contributed by atoms with Gasteiger partial charge in [-0.1, -0.05) is 28.9 Å². The molecule has 0 unspecified atom stereocenters. The summed E-state index contributed by atoms with van der Waals surface area (Å²) in [7, 11) is 1.67. The second-order valence-electron chi connectivity index (χ2n) is 6.49. The monoisotopic (exact) mass is 379 g/mol. The van der Waals surface area contributed by atoms with E-state index in [0.717, 1.165) is 34.0 Å². The van der Waals surface area contributed by atoms with E-state index in [1.54, 1.807) is 7.11 Å². The Morgan fingerprint density at radius 1 is 1.48 bits per heavy atom. The van der Waals surface area contributed by atoms with Gasteiger partial charge in [-0.05, 0) is 43.4 Å². The molecule has 0 radical (unpaired) electrons. The summed E-state index contributed by atoms with van der Waals surface area (Å²) in [6.45, 7) is 4.08. The van der Waals surface area contributed by atoms with Crippen LogP contribution in [0.3, 0.4) is 0 Å². The lowest BCUT2D eigenvalue weighted by atomic mass is 9.91. The van der Waals surface area contributed by atoms with E-state index in [1.165, 1.54) is 0 Å². The number of hydrogen-bond donors (Lipinski definition) is 2. The minimum absolute atomic E-state index is 0.0731. The molecule has 0 aromatic heterocycles. The normalized spacial score (nSPS) is 27.1. The van der Waals surface area contributed by atoms with Crippen LogP contribution in [-0.4, -0.2) is 29.8 Å². The Kier molecular flexibility index (Phi) is 4.27. The second-order valence-corrected chi connectivity index (χ2v) is 7.35. The average Bonchev–Trinajstić information content (AvgIpc) is 3.02. The molecule has 1 aliphatic heterocycles. The highest BCUT2D eigenvalue weighted by atomic mass is 79.9. The average molecular weight is 380 g/mol. The lowest BCUT2D eigenvalue weighted by molar-refractivity contribution is -0.116. The molecule has 2 aliphatic rings. The number of benzene rings is 1. The number of carbonyl (C=O) groups excluding carboxylic acids is 1. The van der Waals surface area contributed by atoms with Crippen LogP contribution in [0.1, 0.15) is 42.9 Å². The molecular weight excluding hydrogens is 358 g/mol. The zero-order chi connectivity index (χ0) is 16.8. The number of aryl methyl sites for hydroxylation is 2. The Bertz CT molecular complexity index is 698. The van der Waals surface area contributed by atoms with Crippen molar-refractivity contribution in [3.8, 4) is 0 Å². The fraction of sp³-hybridized carbons (Fsp3) is 0.500. The van der Waals surface area contributed by atoms with Gasteiger partial charge in [0.15, 0.2) is 0 Å². The first-order chi connectivity index (χ1) is 10.9. The minimum atomic E-state index is -0.664. The maximum atomic E-state index is 12.7. The van der Waals surface area contributed by atoms with Crippen LogP contribution in [0, 0.1) is 6.92 Å². The highest BCUT2D eigenvalue weighted by Crippen LogP contribution is 2.45. The quantitative estimate of drug-likeness (QED) is 0.842. The van der Waals surface area contributed by atoms with Gasteiger partial charge in [0, 0.05) is 23.6 Å². The number of ether oxygens (including phenoxy) is 1. The van der Waals surface area contributed by atoms with Crippen LogP contribution < -0.4 is 5.32 Å². The van der Waals surface area contributed by atoms with E-state index in [9.17, 15) is 9.90 Å². The molecule has 1 fully saturated rings. The van der Waals surface area contributed by atoms with Crippen LogP contribution in [-0.2, 0) is 16.0 Å². The summed E-state index contributed by atoms with van der Waals surface area (Å²) in [4.78, 5) is 12.7. The van der Waals surface area contributed by atoms with Crippen molar-refractivity contribution in [2.75, 3.05) is 7.11 Å². The molecule has 1 aliphatic carbocycles. The number of hydrogen-bond acceptors (Lipinski definition) is 3. The summed E-state index contributed by atoms with van der Waals surface area (Å²) in [5.74, 6) is -0.0280. The Balaban J connectivity index is 2.13. The van der Waals surface area contributed by atoms with Crippen LogP contribution in [0.15, 0.2) is 22.4 Å². The number of nitrogens with one attached hydrogen (secondary N) is 1. The molecule has 1 spiro atoms. The number of methoxy groups -OCH3 is 1. The number of amides is 1. The van der Waals surface area contributed by atoms with E-state index >= 15 is 0 Å². The third kappa shape index (κ3) is 2.60. The topological polar surface area (TPSA) is 58.6 Å². The number of aliphatic hydroxyl groups excluding tert-OH is 1. The fourth-order valence-corrected chi connectivity index (χ4v) is 4.63. The van der Waals surface area contributed by atoms with Crippen LogP contribution in [0.2, 0.25) is 0 Å². The lowest BCUT2D eigenvalue weighted by Gasteiger charge is -2.24. The van der Waals surface area contributed by atoms with Gasteiger partial charge in [-0.2, -0.15) is 0 Å². The van der Waals surface area contributed by atoms with Gasteiger partial charge in [-0.3, -0.25) is 4.79 Å². The van der Waals surface area contributed by atoms with Crippen LogP contribution in [0.5, 0.6) is 0 Å². The van der Waals surface area contributed by atoms with Gasteiger partial charge in [0.05, 0.1) is 11.7 Å². The van der Waals surface area contributed by atoms with Crippen LogP contribution in [0.25, 0.3) is 5.57 Å². The van der Waals surface area contributed by atoms with Crippen LogP contribution in [0.4, 0.5) is 0 Å². The third-order valence-electron chi connectivity index (χ3n) is 5.02. The van der Waals surface area contributed by atoms with Crippen molar-refractivity contribution in [3.05, 3.63) is 39.1 Å². The standard InChI is InChI=1S/C18H22BrNO3/c1-4-11-7-10(2)8-13(19)14(11)15-16(21)18(20-17(15)22)6-5-12(9-18)23-3/h7-8,12,21H,4-6,9H2,1-3H3,(H,20,22)/t12-,18+/m1/s1. The zero-order valence-electron chi connectivity index (χ0n) is 13.7. The first-order valence-electron chi connectivity index (χ1n) is 8.00. The highest BCUT2D eigenvalue weighted by molar-refractivity contribution is 9.10. The molecule has 1 amide bonds. The molecule has 1 aromatic carbocycles. The van der Waals surface area contributed by atoms with Gasteiger partial charge in [0.2, 0.25) is 0 Å². The SMILES string of the molecule is CCc1cc(C)cc(Br)c1C1=C(O)[C@@]2(CC[C@@H](OC)C2)NC1=O. The van der Waals surface area contributed by atoms with Crippen molar-refractivity contribution < 1.29 is 14.6 Å². The first-order valence-corrected chi connectivity index (χ1v) is 8.79. The molecular formula is C18H22BrNO3. The molecule has 23 heavy (non-hydrogen) atoms. The summed E-state index contributed by atoms with van der Waals surface area (Å²) in [5, 5.41) is 13.9. The molecule has 2 atom stereocenters. The largest absolute Gasteiger partial charge is 0.509 e. The van der Waals surface area contributed by atoms with Crippen molar-refractivity contribution in [2.45, 2.75) is 51.2 Å². The van der Waals surface area contributed by atoms with Crippen molar-refractivity contribution in [1.29, 1.82) is 0 Å². The Morgan fingerprint density at radius 3 is 2.83 bits per heavy atom. The second kappa shape index (κ2) is 5.95. The highest BCUT2D eigenvalue weighted by Gasteiger charge is 2.51. The lowest BCUT2D eigenvalue weighted by Crippen LogP contribution is -2.42. The molecule has 124 valence electrons. The summed E-state index contributed by atoms with van der Waals surface area (Å²) in [6.07, 6.45) is 3.04. The summed E-state index contributed by atoms with van der Waals surface area (Å²) >= 11 is 3.58. The summed E-state index contributed by atoms with van der Waals surface area (Å²) < 4.78 is 6.26. The first kappa shape index (κ1) is 16.5. The Morgan fingerprint density at radius 2 is 2.22 bits per heavy atom. The van der Waals surface area contributed by atoms with Crippen molar-refractivity contribution >= 4 is 27.4 Å². The van der Waals surface area contributed by atoms with Crippen molar-refractivity contribution in [1.82, 2.24) is 5.32 Å². The fourth-order valence-electron chi connectivity index (χ4n) is 3.82. The Labute approximate surface area is 145 Å². The van der Waals surface area contributed by atoms with E-state index in [4.69, 9.17) is 4.74 Å². The van der Waals surface area contributed by atoms with Gasteiger partial charge in [-0.25, -0.2) is 0 Å². The molecule has 0 saturated heterocycles. The van der Waals surface area contributed by atoms with E-state index in [2.05, 4.69) is 34.2 Å². The molecule has 2 N–H and O–H groups in total.